The van der Waals surface area contributed by atoms with Gasteiger partial charge in [-0.1, -0.05) is 18.2 Å². The number of rotatable bonds is 8. The van der Waals surface area contributed by atoms with Gasteiger partial charge in [0.25, 0.3) is 5.91 Å². The molecule has 1 aromatic carbocycles. The molecule has 2 atom stereocenters. The van der Waals surface area contributed by atoms with Crippen molar-refractivity contribution in [1.29, 1.82) is 0 Å². The van der Waals surface area contributed by atoms with Gasteiger partial charge in [-0.25, -0.2) is 0 Å². The minimum atomic E-state index is -0.993. The Balaban J connectivity index is 2.26. The Morgan fingerprint density at radius 2 is 1.77 bits per heavy atom. The molecule has 120 valence electrons. The highest BCUT2D eigenvalue weighted by Crippen LogP contribution is 2.07. The number of carboxylic acid groups (broad SMARTS) is 1. The molecule has 3 N–H and O–H groups in total. The second kappa shape index (κ2) is 8.66. The first-order valence-electron chi connectivity index (χ1n) is 6.87. The number of nitrogens with one attached hydrogen (secondary N) is 2. The van der Waals surface area contributed by atoms with Crippen LogP contribution in [-0.4, -0.2) is 42.1 Å². The summed E-state index contributed by atoms with van der Waals surface area (Å²) >= 11 is 0. The Labute approximate surface area is 128 Å². The summed E-state index contributed by atoms with van der Waals surface area (Å²) in [4.78, 5) is 33.9. The maximum Gasteiger partial charge on any atom is 0.308 e. The van der Waals surface area contributed by atoms with Crippen LogP contribution >= 0.6 is 0 Å². The van der Waals surface area contributed by atoms with Crippen molar-refractivity contribution in [3.8, 4) is 5.75 Å². The van der Waals surface area contributed by atoms with Crippen molar-refractivity contribution in [3.05, 3.63) is 30.3 Å². The van der Waals surface area contributed by atoms with Crippen LogP contribution in [0.2, 0.25) is 0 Å². The first-order chi connectivity index (χ1) is 10.4. The largest absolute Gasteiger partial charge is 0.484 e. The number of ether oxygens (including phenoxy) is 1. The molecule has 0 aliphatic rings. The normalized spacial score (nSPS) is 12.8. The summed E-state index contributed by atoms with van der Waals surface area (Å²) in [6, 6.07) is 8.31. The third-order valence-electron chi connectivity index (χ3n) is 3.09. The maximum atomic E-state index is 11.6. The molecule has 1 aromatic rings. The van der Waals surface area contributed by atoms with Crippen molar-refractivity contribution in [2.24, 2.45) is 5.92 Å². The molecule has 7 nitrogen and oxygen atoms in total. The number of hydrogen-bond donors (Lipinski definition) is 3. The highest BCUT2D eigenvalue weighted by molar-refractivity contribution is 5.85. The molecule has 0 bridgehead atoms. The van der Waals surface area contributed by atoms with E-state index in [0.717, 1.165) is 0 Å². The number of benzene rings is 1. The first kappa shape index (κ1) is 17.5. The van der Waals surface area contributed by atoms with Crippen molar-refractivity contribution in [2.75, 3.05) is 13.2 Å². The van der Waals surface area contributed by atoms with Gasteiger partial charge < -0.3 is 20.5 Å². The molecule has 0 spiro atoms. The highest BCUT2D eigenvalue weighted by Gasteiger charge is 2.20. The Bertz CT molecular complexity index is 518. The number of carbonyl (C=O) groups is 3. The minimum Gasteiger partial charge on any atom is -0.484 e. The molecule has 7 heteroatoms. The van der Waals surface area contributed by atoms with Gasteiger partial charge in [-0.15, -0.1) is 0 Å². The predicted octanol–water partition coefficient (Wildman–Crippen LogP) is 0.407. The summed E-state index contributed by atoms with van der Waals surface area (Å²) in [5.74, 6) is -2.02. The molecule has 0 heterocycles. The summed E-state index contributed by atoms with van der Waals surface area (Å²) < 4.78 is 5.23. The van der Waals surface area contributed by atoms with Crippen molar-refractivity contribution >= 4 is 17.8 Å². The van der Waals surface area contributed by atoms with Gasteiger partial charge in [0.05, 0.1) is 12.5 Å². The fourth-order valence-electron chi connectivity index (χ4n) is 1.54. The van der Waals surface area contributed by atoms with Crippen molar-refractivity contribution in [1.82, 2.24) is 10.6 Å². The number of hydrogen-bond acceptors (Lipinski definition) is 4. The van der Waals surface area contributed by atoms with Gasteiger partial charge in [-0.3, -0.25) is 14.4 Å². The smallest absolute Gasteiger partial charge is 0.308 e. The summed E-state index contributed by atoms with van der Waals surface area (Å²) in [7, 11) is 0. The molecule has 0 saturated heterocycles. The molecular weight excluding hydrogens is 288 g/mol. The van der Waals surface area contributed by atoms with Crippen LogP contribution in [0.5, 0.6) is 5.75 Å². The fourth-order valence-corrected chi connectivity index (χ4v) is 1.54. The molecule has 0 radical (unpaired) electrons. The van der Waals surface area contributed by atoms with Gasteiger partial charge in [-0.05, 0) is 26.0 Å². The van der Waals surface area contributed by atoms with Crippen LogP contribution in [0.25, 0.3) is 0 Å². The average molecular weight is 308 g/mol. The van der Waals surface area contributed by atoms with E-state index in [1.165, 1.54) is 6.92 Å². The van der Waals surface area contributed by atoms with Crippen LogP contribution in [0.3, 0.4) is 0 Å². The predicted molar refractivity (Wildman–Crippen MR) is 79.4 cm³/mol. The zero-order valence-corrected chi connectivity index (χ0v) is 12.5. The van der Waals surface area contributed by atoms with Crippen LogP contribution in [0.15, 0.2) is 30.3 Å². The van der Waals surface area contributed by atoms with E-state index < -0.39 is 29.7 Å². The van der Waals surface area contributed by atoms with E-state index in [1.54, 1.807) is 31.2 Å². The molecule has 0 aliphatic heterocycles. The monoisotopic (exact) mass is 308 g/mol. The van der Waals surface area contributed by atoms with Crippen LogP contribution in [0, 0.1) is 5.92 Å². The zero-order valence-electron chi connectivity index (χ0n) is 12.5. The highest BCUT2D eigenvalue weighted by atomic mass is 16.5. The van der Waals surface area contributed by atoms with Crippen LogP contribution in [0.1, 0.15) is 13.8 Å². The Hall–Kier alpha value is -2.57. The average Bonchev–Trinajstić information content (AvgIpc) is 2.50. The van der Waals surface area contributed by atoms with Gasteiger partial charge in [-0.2, -0.15) is 0 Å². The summed E-state index contributed by atoms with van der Waals surface area (Å²) in [5.41, 5.74) is 0. The van der Waals surface area contributed by atoms with E-state index in [0.29, 0.717) is 5.75 Å². The van der Waals surface area contributed by atoms with E-state index in [4.69, 9.17) is 9.84 Å². The molecule has 2 amide bonds. The number of carbonyl (C=O) groups excluding carboxylic acids is 2. The standard InChI is InChI=1S/C15H20N2O5/c1-10(15(20)21)11(2)17-13(18)8-16-14(19)9-22-12-6-4-3-5-7-12/h3-7,10-11H,8-9H2,1-2H3,(H,16,19)(H,17,18)(H,20,21). The van der Waals surface area contributed by atoms with Crippen LogP contribution in [0.4, 0.5) is 0 Å². The van der Waals surface area contributed by atoms with E-state index >= 15 is 0 Å². The van der Waals surface area contributed by atoms with E-state index in [-0.39, 0.29) is 13.2 Å². The first-order valence-corrected chi connectivity index (χ1v) is 6.87. The zero-order chi connectivity index (χ0) is 16.5. The van der Waals surface area contributed by atoms with Gasteiger partial charge in [0.15, 0.2) is 6.61 Å². The quantitative estimate of drug-likeness (QED) is 0.645. The number of aliphatic carboxylic acids is 1. The van der Waals surface area contributed by atoms with Crippen molar-refractivity contribution < 1.29 is 24.2 Å². The van der Waals surface area contributed by atoms with Crippen LogP contribution < -0.4 is 15.4 Å². The molecule has 2 unspecified atom stereocenters. The molecule has 0 fully saturated rings. The number of carboxylic acids is 1. The van der Waals surface area contributed by atoms with E-state index in [9.17, 15) is 14.4 Å². The topological polar surface area (TPSA) is 105 Å². The summed E-state index contributed by atoms with van der Waals surface area (Å²) in [6.45, 7) is 2.67. The van der Waals surface area contributed by atoms with Crippen molar-refractivity contribution in [3.63, 3.8) is 0 Å². The SMILES string of the molecule is CC(NC(=O)CNC(=O)COc1ccccc1)C(C)C(=O)O. The second-order valence-corrected chi connectivity index (χ2v) is 4.86. The van der Waals surface area contributed by atoms with Gasteiger partial charge in [0, 0.05) is 6.04 Å². The molecule has 0 aliphatic carbocycles. The van der Waals surface area contributed by atoms with E-state index in [1.807, 2.05) is 6.07 Å². The molecule has 1 rings (SSSR count). The third-order valence-corrected chi connectivity index (χ3v) is 3.09. The van der Waals surface area contributed by atoms with Gasteiger partial charge >= 0.3 is 5.97 Å². The lowest BCUT2D eigenvalue weighted by molar-refractivity contribution is -0.142. The fraction of sp³-hybridized carbons (Fsp3) is 0.400. The number of amides is 2. The van der Waals surface area contributed by atoms with Gasteiger partial charge in [0.2, 0.25) is 5.91 Å². The van der Waals surface area contributed by atoms with Crippen molar-refractivity contribution in [2.45, 2.75) is 19.9 Å². The van der Waals surface area contributed by atoms with Crippen LogP contribution in [-0.2, 0) is 14.4 Å². The lowest BCUT2D eigenvalue weighted by Gasteiger charge is -2.17. The van der Waals surface area contributed by atoms with Gasteiger partial charge in [0.1, 0.15) is 5.75 Å². The van der Waals surface area contributed by atoms with E-state index in [2.05, 4.69) is 10.6 Å². The Kier molecular flexibility index (Phi) is 6.88. The molecule has 0 aromatic heterocycles. The summed E-state index contributed by atoms with van der Waals surface area (Å²) in [5, 5.41) is 13.7. The number of para-hydroxylation sites is 1. The maximum absolute atomic E-state index is 11.6. The lowest BCUT2D eigenvalue weighted by Crippen LogP contribution is -2.45. The molecular formula is C15H20N2O5. The Morgan fingerprint density at radius 1 is 1.14 bits per heavy atom. The second-order valence-electron chi connectivity index (χ2n) is 4.86. The summed E-state index contributed by atoms with van der Waals surface area (Å²) in [6.07, 6.45) is 0. The lowest BCUT2D eigenvalue weighted by atomic mass is 10.0. The Morgan fingerprint density at radius 3 is 2.36 bits per heavy atom. The molecule has 22 heavy (non-hydrogen) atoms. The minimum absolute atomic E-state index is 0.196. The third kappa shape index (κ3) is 6.25. The molecule has 0 saturated carbocycles.